The van der Waals surface area contributed by atoms with Gasteiger partial charge in [0.2, 0.25) is 10.0 Å². The predicted octanol–water partition coefficient (Wildman–Crippen LogP) is 1.10. The van der Waals surface area contributed by atoms with Crippen molar-refractivity contribution in [2.45, 2.75) is 18.2 Å². The Kier molecular flexibility index (Phi) is 4.62. The summed E-state index contributed by atoms with van der Waals surface area (Å²) in [6, 6.07) is 3.78. The highest BCUT2D eigenvalue weighted by molar-refractivity contribution is 7.89. The van der Waals surface area contributed by atoms with Gasteiger partial charge in [0.15, 0.2) is 0 Å². The molecule has 0 aliphatic rings. The molecule has 0 aliphatic heterocycles. The molecule has 17 heavy (non-hydrogen) atoms. The molecule has 0 radical (unpaired) electrons. The molecular weight excluding hydrogens is 243 g/mol. The fraction of sp³-hybridized carbons (Fsp3) is 0.455. The van der Waals surface area contributed by atoms with Gasteiger partial charge >= 0.3 is 0 Å². The van der Waals surface area contributed by atoms with Crippen LogP contribution in [-0.4, -0.2) is 32.9 Å². The first-order chi connectivity index (χ1) is 7.89. The second-order valence-electron chi connectivity index (χ2n) is 3.88. The smallest absolute Gasteiger partial charge is 0.242 e. The van der Waals surface area contributed by atoms with E-state index in [2.05, 4.69) is 0 Å². The molecule has 0 aliphatic carbocycles. The van der Waals surface area contributed by atoms with E-state index in [9.17, 15) is 12.8 Å². The molecule has 0 aromatic heterocycles. The standard InChI is InChI=1S/C11H17FN2O2S/c1-9-8-10(4-5-11(9)12)17(15,16)14(2)7-3-6-13/h4-5,8H,3,6-7,13H2,1-2H3. The molecule has 0 heterocycles. The average Bonchev–Trinajstić information content (AvgIpc) is 2.29. The Morgan fingerprint density at radius 3 is 2.59 bits per heavy atom. The van der Waals surface area contributed by atoms with Crippen LogP contribution in [-0.2, 0) is 10.0 Å². The Labute approximate surface area is 101 Å². The van der Waals surface area contributed by atoms with Gasteiger partial charge in [0, 0.05) is 13.6 Å². The van der Waals surface area contributed by atoms with Gasteiger partial charge in [-0.1, -0.05) is 0 Å². The second kappa shape index (κ2) is 5.57. The summed E-state index contributed by atoms with van der Waals surface area (Å²) in [4.78, 5) is 0.107. The van der Waals surface area contributed by atoms with Crippen molar-refractivity contribution < 1.29 is 12.8 Å². The van der Waals surface area contributed by atoms with Gasteiger partial charge in [-0.05, 0) is 43.7 Å². The molecule has 1 aromatic rings. The molecule has 4 nitrogen and oxygen atoms in total. The van der Waals surface area contributed by atoms with Crippen molar-refractivity contribution in [2.75, 3.05) is 20.1 Å². The first-order valence-electron chi connectivity index (χ1n) is 5.32. The molecule has 0 unspecified atom stereocenters. The van der Waals surface area contributed by atoms with Gasteiger partial charge in [-0.25, -0.2) is 17.1 Å². The number of rotatable bonds is 5. The second-order valence-corrected chi connectivity index (χ2v) is 5.92. The zero-order valence-corrected chi connectivity index (χ0v) is 10.8. The number of nitrogens with zero attached hydrogens (tertiary/aromatic N) is 1. The Morgan fingerprint density at radius 1 is 1.41 bits per heavy atom. The Hall–Kier alpha value is -0.980. The van der Waals surface area contributed by atoms with Gasteiger partial charge in [0.05, 0.1) is 4.90 Å². The highest BCUT2D eigenvalue weighted by Gasteiger charge is 2.20. The number of aryl methyl sites for hydroxylation is 1. The maximum Gasteiger partial charge on any atom is 0.242 e. The molecule has 2 N–H and O–H groups in total. The Bertz CT molecular complexity index is 488. The number of nitrogens with two attached hydrogens (primary N) is 1. The van der Waals surface area contributed by atoms with Gasteiger partial charge in [0.1, 0.15) is 5.82 Å². The summed E-state index contributed by atoms with van der Waals surface area (Å²) >= 11 is 0. The SMILES string of the molecule is Cc1cc(S(=O)(=O)N(C)CCCN)ccc1F. The van der Waals surface area contributed by atoms with E-state index < -0.39 is 15.8 Å². The van der Waals surface area contributed by atoms with Crippen LogP contribution >= 0.6 is 0 Å². The van der Waals surface area contributed by atoms with Crippen LogP contribution in [0.25, 0.3) is 0 Å². The molecule has 1 rings (SSSR count). The monoisotopic (exact) mass is 260 g/mol. The van der Waals surface area contributed by atoms with Crippen molar-refractivity contribution in [1.29, 1.82) is 0 Å². The van der Waals surface area contributed by atoms with Crippen LogP contribution in [0.15, 0.2) is 23.1 Å². The molecule has 0 fully saturated rings. The lowest BCUT2D eigenvalue weighted by Gasteiger charge is -2.17. The maximum atomic E-state index is 13.1. The highest BCUT2D eigenvalue weighted by atomic mass is 32.2. The fourth-order valence-electron chi connectivity index (χ4n) is 1.39. The molecule has 96 valence electrons. The van der Waals surface area contributed by atoms with Crippen molar-refractivity contribution in [3.05, 3.63) is 29.6 Å². The lowest BCUT2D eigenvalue weighted by Crippen LogP contribution is -2.29. The van der Waals surface area contributed by atoms with Crippen LogP contribution in [0.2, 0.25) is 0 Å². The number of sulfonamides is 1. The third kappa shape index (κ3) is 3.24. The molecular formula is C11H17FN2O2S. The van der Waals surface area contributed by atoms with E-state index in [1.807, 2.05) is 0 Å². The molecule has 0 amide bonds. The normalized spacial score (nSPS) is 12.1. The lowest BCUT2D eigenvalue weighted by molar-refractivity contribution is 0.463. The number of hydrogen-bond acceptors (Lipinski definition) is 3. The molecule has 0 spiro atoms. The number of benzene rings is 1. The van der Waals surface area contributed by atoms with Crippen molar-refractivity contribution >= 4 is 10.0 Å². The summed E-state index contributed by atoms with van der Waals surface area (Å²) in [6.07, 6.45) is 0.593. The quantitative estimate of drug-likeness (QED) is 0.862. The summed E-state index contributed by atoms with van der Waals surface area (Å²) in [5, 5.41) is 0. The Balaban J connectivity index is 3.00. The van der Waals surface area contributed by atoms with Gasteiger partial charge < -0.3 is 5.73 Å². The number of hydrogen-bond donors (Lipinski definition) is 1. The first kappa shape index (κ1) is 14.1. The summed E-state index contributed by atoms with van der Waals surface area (Å²) in [5.41, 5.74) is 5.65. The van der Waals surface area contributed by atoms with Crippen molar-refractivity contribution in [3.8, 4) is 0 Å². The van der Waals surface area contributed by atoms with E-state index in [0.717, 1.165) is 0 Å². The average molecular weight is 260 g/mol. The van der Waals surface area contributed by atoms with E-state index in [4.69, 9.17) is 5.73 Å². The van der Waals surface area contributed by atoms with Crippen LogP contribution in [0.3, 0.4) is 0 Å². The van der Waals surface area contributed by atoms with Gasteiger partial charge in [-0.3, -0.25) is 0 Å². The van der Waals surface area contributed by atoms with E-state index in [0.29, 0.717) is 25.1 Å². The minimum atomic E-state index is -3.54. The van der Waals surface area contributed by atoms with E-state index in [1.165, 1.54) is 36.5 Å². The van der Waals surface area contributed by atoms with Gasteiger partial charge in [-0.15, -0.1) is 0 Å². The first-order valence-corrected chi connectivity index (χ1v) is 6.76. The van der Waals surface area contributed by atoms with E-state index in [1.54, 1.807) is 0 Å². The summed E-state index contributed by atoms with van der Waals surface area (Å²) in [6.45, 7) is 2.33. The molecule has 0 atom stereocenters. The summed E-state index contributed by atoms with van der Waals surface area (Å²) in [5.74, 6) is -0.409. The largest absolute Gasteiger partial charge is 0.330 e. The third-order valence-corrected chi connectivity index (χ3v) is 4.37. The van der Waals surface area contributed by atoms with E-state index in [-0.39, 0.29) is 4.90 Å². The molecule has 0 bridgehead atoms. The molecule has 0 saturated carbocycles. The topological polar surface area (TPSA) is 63.4 Å². The van der Waals surface area contributed by atoms with Crippen LogP contribution in [0.4, 0.5) is 4.39 Å². The van der Waals surface area contributed by atoms with Gasteiger partial charge in [0.25, 0.3) is 0 Å². The highest BCUT2D eigenvalue weighted by Crippen LogP contribution is 2.17. The van der Waals surface area contributed by atoms with Crippen LogP contribution in [0, 0.1) is 12.7 Å². The lowest BCUT2D eigenvalue weighted by atomic mass is 10.2. The van der Waals surface area contributed by atoms with Crippen LogP contribution in [0.1, 0.15) is 12.0 Å². The van der Waals surface area contributed by atoms with Crippen molar-refractivity contribution in [1.82, 2.24) is 4.31 Å². The Morgan fingerprint density at radius 2 is 2.06 bits per heavy atom. The third-order valence-electron chi connectivity index (χ3n) is 2.51. The van der Waals surface area contributed by atoms with Crippen LogP contribution < -0.4 is 5.73 Å². The predicted molar refractivity (Wildman–Crippen MR) is 64.6 cm³/mol. The van der Waals surface area contributed by atoms with Gasteiger partial charge in [-0.2, -0.15) is 0 Å². The fourth-order valence-corrected chi connectivity index (χ4v) is 2.69. The van der Waals surface area contributed by atoms with E-state index >= 15 is 0 Å². The van der Waals surface area contributed by atoms with Crippen molar-refractivity contribution in [3.63, 3.8) is 0 Å². The minimum Gasteiger partial charge on any atom is -0.330 e. The summed E-state index contributed by atoms with van der Waals surface area (Å²) in [7, 11) is -2.05. The summed E-state index contributed by atoms with van der Waals surface area (Å²) < 4.78 is 38.4. The van der Waals surface area contributed by atoms with Crippen LogP contribution in [0.5, 0.6) is 0 Å². The van der Waals surface area contributed by atoms with Crippen molar-refractivity contribution in [2.24, 2.45) is 5.73 Å². The molecule has 6 heteroatoms. The zero-order valence-electron chi connectivity index (χ0n) is 9.98. The zero-order chi connectivity index (χ0) is 13.1. The molecule has 1 aromatic carbocycles. The minimum absolute atomic E-state index is 0.107. The molecule has 0 saturated heterocycles. The number of halogens is 1. The maximum absolute atomic E-state index is 13.1.